The molecule has 1 nitrogen and oxygen atoms in total. The molecular formula is C19H22Cl2O. The minimum absolute atomic E-state index is 0.489. The summed E-state index contributed by atoms with van der Waals surface area (Å²) >= 11 is 12.2. The molecule has 0 aromatic heterocycles. The second-order valence-electron chi connectivity index (χ2n) is 5.57. The Bertz CT molecular complexity index is 589. The highest BCUT2D eigenvalue weighted by Gasteiger charge is 2.08. The highest BCUT2D eigenvalue weighted by molar-refractivity contribution is 6.32. The summed E-state index contributed by atoms with van der Waals surface area (Å²) in [7, 11) is 0. The van der Waals surface area contributed by atoms with Gasteiger partial charge in [0.15, 0.2) is 0 Å². The zero-order valence-electron chi connectivity index (χ0n) is 13.1. The molecule has 0 aliphatic carbocycles. The first-order valence-corrected chi connectivity index (χ1v) is 8.53. The normalized spacial score (nSPS) is 11.0. The Morgan fingerprint density at radius 1 is 0.909 bits per heavy atom. The van der Waals surface area contributed by atoms with Crippen molar-refractivity contribution in [2.45, 2.75) is 39.7 Å². The van der Waals surface area contributed by atoms with Crippen LogP contribution in [0.2, 0.25) is 10.0 Å². The van der Waals surface area contributed by atoms with Crippen LogP contribution in [0, 0.1) is 5.92 Å². The lowest BCUT2D eigenvalue weighted by Gasteiger charge is -2.14. The van der Waals surface area contributed by atoms with Crippen molar-refractivity contribution in [3.63, 3.8) is 0 Å². The van der Waals surface area contributed by atoms with Crippen molar-refractivity contribution in [1.29, 1.82) is 0 Å². The molecule has 0 bridgehead atoms. The average Bonchev–Trinajstić information content (AvgIpc) is 2.53. The van der Waals surface area contributed by atoms with Gasteiger partial charge in [-0.1, -0.05) is 68.1 Å². The maximum atomic E-state index is 6.34. The predicted molar refractivity (Wildman–Crippen MR) is 95.0 cm³/mol. The summed E-state index contributed by atoms with van der Waals surface area (Å²) in [5.74, 6) is 1.45. The summed E-state index contributed by atoms with van der Waals surface area (Å²) in [5, 5.41) is 1.41. The fourth-order valence-electron chi connectivity index (χ4n) is 2.44. The van der Waals surface area contributed by atoms with E-state index in [0.29, 0.717) is 11.6 Å². The second kappa shape index (κ2) is 8.45. The number of halogens is 2. The van der Waals surface area contributed by atoms with Crippen LogP contribution in [0.25, 0.3) is 0 Å². The summed E-state index contributed by atoms with van der Waals surface area (Å²) in [4.78, 5) is 0. The minimum Gasteiger partial charge on any atom is -0.487 e. The van der Waals surface area contributed by atoms with Crippen molar-refractivity contribution >= 4 is 23.2 Å². The van der Waals surface area contributed by atoms with Gasteiger partial charge in [0.05, 0.1) is 5.02 Å². The van der Waals surface area contributed by atoms with Gasteiger partial charge in [0.2, 0.25) is 0 Å². The lowest BCUT2D eigenvalue weighted by atomic mass is 9.95. The molecule has 0 N–H and O–H groups in total. The quantitative estimate of drug-likeness (QED) is 0.556. The molecule has 0 saturated carbocycles. The van der Waals surface area contributed by atoms with E-state index in [0.717, 1.165) is 28.7 Å². The third-order valence-corrected chi connectivity index (χ3v) is 4.53. The standard InChI is InChI=1S/C19H22Cl2O/c1-3-14(4-2)11-16-7-10-19(18(21)12-16)22-13-15-5-8-17(20)9-6-15/h5-10,12,14H,3-4,11,13H2,1-2H3. The zero-order valence-corrected chi connectivity index (χ0v) is 14.6. The van der Waals surface area contributed by atoms with Crippen molar-refractivity contribution in [3.8, 4) is 5.75 Å². The van der Waals surface area contributed by atoms with E-state index in [4.69, 9.17) is 27.9 Å². The Hall–Kier alpha value is -1.18. The van der Waals surface area contributed by atoms with Gasteiger partial charge in [-0.3, -0.25) is 0 Å². The molecule has 2 aromatic carbocycles. The van der Waals surface area contributed by atoms with Gasteiger partial charge in [0.25, 0.3) is 0 Å². The molecule has 118 valence electrons. The molecule has 3 heteroatoms. The molecule has 0 amide bonds. The summed E-state index contributed by atoms with van der Waals surface area (Å²) in [6, 6.07) is 13.7. The molecule has 0 atom stereocenters. The van der Waals surface area contributed by atoms with Gasteiger partial charge in [0.1, 0.15) is 12.4 Å². The SMILES string of the molecule is CCC(CC)Cc1ccc(OCc2ccc(Cl)cc2)c(Cl)c1. The monoisotopic (exact) mass is 336 g/mol. The molecule has 0 aliphatic heterocycles. The third-order valence-electron chi connectivity index (χ3n) is 3.98. The van der Waals surface area contributed by atoms with Gasteiger partial charge in [0, 0.05) is 5.02 Å². The number of ether oxygens (including phenoxy) is 1. The molecular weight excluding hydrogens is 315 g/mol. The average molecular weight is 337 g/mol. The van der Waals surface area contributed by atoms with E-state index in [-0.39, 0.29) is 0 Å². The summed E-state index contributed by atoms with van der Waals surface area (Å²) in [6.07, 6.45) is 3.47. The predicted octanol–water partition coefficient (Wildman–Crippen LogP) is 6.55. The summed E-state index contributed by atoms with van der Waals surface area (Å²) in [5.41, 5.74) is 2.35. The largest absolute Gasteiger partial charge is 0.487 e. The highest BCUT2D eigenvalue weighted by Crippen LogP contribution is 2.28. The van der Waals surface area contributed by atoms with Crippen LogP contribution < -0.4 is 4.74 Å². The van der Waals surface area contributed by atoms with Crippen molar-refractivity contribution in [2.24, 2.45) is 5.92 Å². The molecule has 0 saturated heterocycles. The van der Waals surface area contributed by atoms with E-state index >= 15 is 0 Å². The smallest absolute Gasteiger partial charge is 0.138 e. The van der Waals surface area contributed by atoms with Crippen LogP contribution in [0.3, 0.4) is 0 Å². The molecule has 0 heterocycles. The maximum absolute atomic E-state index is 6.34. The van der Waals surface area contributed by atoms with Crippen molar-refractivity contribution in [2.75, 3.05) is 0 Å². The first kappa shape index (κ1) is 17.2. The topological polar surface area (TPSA) is 9.23 Å². The van der Waals surface area contributed by atoms with Gasteiger partial charge < -0.3 is 4.74 Å². The molecule has 0 fully saturated rings. The van der Waals surface area contributed by atoms with E-state index in [2.05, 4.69) is 19.9 Å². The van der Waals surface area contributed by atoms with Crippen LogP contribution in [-0.4, -0.2) is 0 Å². The maximum Gasteiger partial charge on any atom is 0.138 e. The lowest BCUT2D eigenvalue weighted by molar-refractivity contribution is 0.306. The number of hydrogen-bond donors (Lipinski definition) is 0. The number of rotatable bonds is 7. The fourth-order valence-corrected chi connectivity index (χ4v) is 2.82. The second-order valence-corrected chi connectivity index (χ2v) is 6.41. The molecule has 22 heavy (non-hydrogen) atoms. The lowest BCUT2D eigenvalue weighted by Crippen LogP contribution is -2.02. The zero-order chi connectivity index (χ0) is 15.9. The molecule has 2 aromatic rings. The van der Waals surface area contributed by atoms with Crippen molar-refractivity contribution in [3.05, 3.63) is 63.6 Å². The van der Waals surface area contributed by atoms with Crippen molar-refractivity contribution < 1.29 is 4.74 Å². The van der Waals surface area contributed by atoms with Gasteiger partial charge >= 0.3 is 0 Å². The van der Waals surface area contributed by atoms with Crippen molar-refractivity contribution in [1.82, 2.24) is 0 Å². The van der Waals surface area contributed by atoms with Crippen LogP contribution in [0.4, 0.5) is 0 Å². The van der Waals surface area contributed by atoms with Gasteiger partial charge in [-0.2, -0.15) is 0 Å². The van der Waals surface area contributed by atoms with Gasteiger partial charge in [-0.25, -0.2) is 0 Å². The Morgan fingerprint density at radius 2 is 1.55 bits per heavy atom. The van der Waals surface area contributed by atoms with E-state index < -0.39 is 0 Å². The molecule has 0 unspecified atom stereocenters. The van der Waals surface area contributed by atoms with Gasteiger partial charge in [-0.05, 0) is 47.7 Å². The third kappa shape index (κ3) is 4.93. The first-order chi connectivity index (χ1) is 10.6. The van der Waals surface area contributed by atoms with Crippen LogP contribution in [0.15, 0.2) is 42.5 Å². The fraction of sp³-hybridized carbons (Fsp3) is 0.368. The number of hydrogen-bond acceptors (Lipinski definition) is 1. The van der Waals surface area contributed by atoms with E-state index in [1.165, 1.54) is 18.4 Å². The van der Waals surface area contributed by atoms with Gasteiger partial charge in [-0.15, -0.1) is 0 Å². The van der Waals surface area contributed by atoms with Crippen LogP contribution in [0.5, 0.6) is 5.75 Å². The Balaban J connectivity index is 1.98. The molecule has 2 rings (SSSR count). The molecule has 0 radical (unpaired) electrons. The highest BCUT2D eigenvalue weighted by atomic mass is 35.5. The summed E-state index contributed by atoms with van der Waals surface area (Å²) in [6.45, 7) is 4.96. The van der Waals surface area contributed by atoms with E-state index in [1.807, 2.05) is 36.4 Å². The van der Waals surface area contributed by atoms with E-state index in [9.17, 15) is 0 Å². The van der Waals surface area contributed by atoms with Crippen LogP contribution in [-0.2, 0) is 13.0 Å². The molecule has 0 aliphatic rings. The van der Waals surface area contributed by atoms with Crippen LogP contribution in [0.1, 0.15) is 37.8 Å². The minimum atomic E-state index is 0.489. The van der Waals surface area contributed by atoms with Crippen LogP contribution >= 0.6 is 23.2 Å². The van der Waals surface area contributed by atoms with E-state index in [1.54, 1.807) is 0 Å². The Kier molecular flexibility index (Phi) is 6.60. The first-order valence-electron chi connectivity index (χ1n) is 7.78. The molecule has 0 spiro atoms. The Labute approximate surface area is 143 Å². The summed E-state index contributed by atoms with van der Waals surface area (Å²) < 4.78 is 5.80. The Morgan fingerprint density at radius 3 is 2.14 bits per heavy atom. The number of benzene rings is 2.